The second-order valence-electron chi connectivity index (χ2n) is 4.87. The highest BCUT2D eigenvalue weighted by atomic mass is 16.5. The van der Waals surface area contributed by atoms with Gasteiger partial charge in [-0.15, -0.1) is 0 Å². The molecule has 0 aliphatic rings. The van der Waals surface area contributed by atoms with Crippen molar-refractivity contribution in [3.05, 3.63) is 23.8 Å². The van der Waals surface area contributed by atoms with Crippen LogP contribution in [0.25, 0.3) is 0 Å². The second-order valence-corrected chi connectivity index (χ2v) is 4.87. The van der Waals surface area contributed by atoms with Crippen molar-refractivity contribution >= 4 is 17.5 Å². The maximum absolute atomic E-state index is 11.8. The zero-order valence-corrected chi connectivity index (χ0v) is 12.4. The van der Waals surface area contributed by atoms with E-state index in [1.807, 2.05) is 27.1 Å². The summed E-state index contributed by atoms with van der Waals surface area (Å²) >= 11 is 0. The maximum Gasteiger partial charge on any atom is 0.313 e. The van der Waals surface area contributed by atoms with E-state index in [-0.39, 0.29) is 0 Å². The van der Waals surface area contributed by atoms with Gasteiger partial charge < -0.3 is 20.3 Å². The van der Waals surface area contributed by atoms with Gasteiger partial charge in [0.15, 0.2) is 0 Å². The van der Waals surface area contributed by atoms with Crippen LogP contribution < -0.4 is 20.3 Å². The van der Waals surface area contributed by atoms with E-state index in [0.29, 0.717) is 18.0 Å². The van der Waals surface area contributed by atoms with E-state index in [2.05, 4.69) is 10.6 Å². The van der Waals surface area contributed by atoms with E-state index in [1.54, 1.807) is 12.1 Å². The summed E-state index contributed by atoms with van der Waals surface area (Å²) in [4.78, 5) is 24.6. The van der Waals surface area contributed by atoms with Crippen molar-refractivity contribution in [3.8, 4) is 5.75 Å². The number of carbonyl (C=O) groups excluding carboxylic acids is 2. The lowest BCUT2D eigenvalue weighted by molar-refractivity contribution is -0.856. The molecule has 0 heterocycles. The number of rotatable bonds is 5. The molecule has 0 unspecified atom stereocenters. The molecule has 0 atom stereocenters. The van der Waals surface area contributed by atoms with Gasteiger partial charge in [0, 0.05) is 0 Å². The van der Waals surface area contributed by atoms with Crippen molar-refractivity contribution in [1.29, 1.82) is 0 Å². The highest BCUT2D eigenvalue weighted by Crippen LogP contribution is 2.24. The molecule has 1 rings (SSSR count). The first kappa shape index (κ1) is 16.0. The highest BCUT2D eigenvalue weighted by Gasteiger charge is 2.15. The Morgan fingerprint density at radius 3 is 2.55 bits per heavy atom. The third-order valence-electron chi connectivity index (χ3n) is 2.72. The molecule has 1 aromatic carbocycles. The van der Waals surface area contributed by atoms with Crippen LogP contribution in [0.15, 0.2) is 18.2 Å². The van der Waals surface area contributed by atoms with Gasteiger partial charge in [-0.05, 0) is 24.6 Å². The number of quaternary nitrogens is 1. The number of amides is 2. The van der Waals surface area contributed by atoms with Gasteiger partial charge in [-0.25, -0.2) is 0 Å². The third kappa shape index (κ3) is 4.89. The summed E-state index contributed by atoms with van der Waals surface area (Å²) in [6.45, 7) is 3.11. The third-order valence-corrected chi connectivity index (χ3v) is 2.72. The molecular formula is C14H22N3O3+. The summed E-state index contributed by atoms with van der Waals surface area (Å²) in [5, 5.41) is 5.13. The van der Waals surface area contributed by atoms with E-state index < -0.39 is 11.8 Å². The summed E-state index contributed by atoms with van der Waals surface area (Å²) in [6, 6.07) is 5.38. The molecule has 2 amide bonds. The molecule has 0 bridgehead atoms. The number of anilines is 1. The Labute approximate surface area is 119 Å². The molecule has 0 spiro atoms. The first-order chi connectivity index (χ1) is 9.43. The number of methoxy groups -OCH3 is 1. The summed E-state index contributed by atoms with van der Waals surface area (Å²) in [5.74, 6) is -0.813. The normalized spacial score (nSPS) is 10.2. The lowest BCUT2D eigenvalue weighted by Crippen LogP contribution is -3.06. The van der Waals surface area contributed by atoms with Crippen LogP contribution in [0.5, 0.6) is 5.75 Å². The van der Waals surface area contributed by atoms with Crippen molar-refractivity contribution < 1.29 is 19.2 Å². The van der Waals surface area contributed by atoms with Crippen LogP contribution in [0.3, 0.4) is 0 Å². The molecule has 0 aromatic heterocycles. The summed E-state index contributed by atoms with van der Waals surface area (Å²) in [7, 11) is 5.47. The topological polar surface area (TPSA) is 71.9 Å². The Morgan fingerprint density at radius 2 is 1.95 bits per heavy atom. The van der Waals surface area contributed by atoms with Crippen LogP contribution in [0.1, 0.15) is 5.56 Å². The average Bonchev–Trinajstić information content (AvgIpc) is 2.38. The van der Waals surface area contributed by atoms with Gasteiger partial charge in [0.2, 0.25) is 0 Å². The van der Waals surface area contributed by atoms with Gasteiger partial charge in [0.25, 0.3) is 0 Å². The molecule has 6 heteroatoms. The fourth-order valence-corrected chi connectivity index (χ4v) is 1.60. The minimum atomic E-state index is -0.692. The number of aryl methyl sites for hydroxylation is 1. The van der Waals surface area contributed by atoms with Crippen LogP contribution in [-0.4, -0.2) is 46.1 Å². The number of hydrogen-bond donors (Lipinski definition) is 3. The van der Waals surface area contributed by atoms with Crippen LogP contribution in [0, 0.1) is 6.92 Å². The molecule has 110 valence electrons. The first-order valence-electron chi connectivity index (χ1n) is 6.47. The fraction of sp³-hybridized carbons (Fsp3) is 0.429. The Kier molecular flexibility index (Phi) is 5.99. The Morgan fingerprint density at radius 1 is 1.25 bits per heavy atom. The Hall–Kier alpha value is -2.08. The van der Waals surface area contributed by atoms with E-state index in [4.69, 9.17) is 4.74 Å². The molecule has 3 N–H and O–H groups in total. The molecule has 0 fully saturated rings. The van der Waals surface area contributed by atoms with E-state index in [0.717, 1.165) is 12.1 Å². The molecule has 20 heavy (non-hydrogen) atoms. The molecule has 0 aliphatic carbocycles. The van der Waals surface area contributed by atoms with Crippen molar-refractivity contribution in [2.24, 2.45) is 0 Å². The van der Waals surface area contributed by atoms with Crippen LogP contribution in [-0.2, 0) is 9.59 Å². The van der Waals surface area contributed by atoms with Crippen LogP contribution in [0.2, 0.25) is 0 Å². The van der Waals surface area contributed by atoms with Crippen molar-refractivity contribution in [1.82, 2.24) is 5.32 Å². The zero-order valence-electron chi connectivity index (χ0n) is 12.4. The number of hydrogen-bond acceptors (Lipinski definition) is 3. The van der Waals surface area contributed by atoms with E-state index in [1.165, 1.54) is 12.0 Å². The predicted molar refractivity (Wildman–Crippen MR) is 77.0 cm³/mol. The lowest BCUT2D eigenvalue weighted by Gasteiger charge is -2.11. The van der Waals surface area contributed by atoms with Gasteiger partial charge in [-0.3, -0.25) is 9.59 Å². The van der Waals surface area contributed by atoms with Gasteiger partial charge in [-0.1, -0.05) is 6.07 Å². The SMILES string of the molecule is COc1ccc(C)cc1NC(=O)C(=O)NCC[NH+](C)C. The molecular weight excluding hydrogens is 258 g/mol. The van der Waals surface area contributed by atoms with Crippen LogP contribution >= 0.6 is 0 Å². The zero-order chi connectivity index (χ0) is 15.1. The quantitative estimate of drug-likeness (QED) is 0.619. The number of ether oxygens (including phenoxy) is 1. The maximum atomic E-state index is 11.8. The summed E-state index contributed by atoms with van der Waals surface area (Å²) in [5.41, 5.74) is 1.46. The number of nitrogens with one attached hydrogen (secondary N) is 3. The smallest absolute Gasteiger partial charge is 0.313 e. The van der Waals surface area contributed by atoms with Crippen molar-refractivity contribution in [3.63, 3.8) is 0 Å². The highest BCUT2D eigenvalue weighted by molar-refractivity contribution is 6.39. The molecule has 6 nitrogen and oxygen atoms in total. The molecule has 0 radical (unpaired) electrons. The first-order valence-corrected chi connectivity index (χ1v) is 6.47. The summed E-state index contributed by atoms with van der Waals surface area (Å²) < 4.78 is 5.14. The number of benzene rings is 1. The molecule has 0 saturated heterocycles. The monoisotopic (exact) mass is 280 g/mol. The van der Waals surface area contributed by atoms with E-state index in [9.17, 15) is 9.59 Å². The van der Waals surface area contributed by atoms with Crippen LogP contribution in [0.4, 0.5) is 5.69 Å². The molecule has 1 aromatic rings. The van der Waals surface area contributed by atoms with Gasteiger partial charge in [-0.2, -0.15) is 0 Å². The number of carbonyl (C=O) groups is 2. The van der Waals surface area contributed by atoms with Gasteiger partial charge in [0.1, 0.15) is 5.75 Å². The lowest BCUT2D eigenvalue weighted by atomic mass is 10.2. The van der Waals surface area contributed by atoms with Gasteiger partial charge >= 0.3 is 11.8 Å². The molecule has 0 aliphatic heterocycles. The largest absolute Gasteiger partial charge is 0.495 e. The number of likely N-dealkylation sites (N-methyl/N-ethyl adjacent to an activating group) is 1. The fourth-order valence-electron chi connectivity index (χ4n) is 1.60. The minimum absolute atomic E-state index is 0.458. The Bertz CT molecular complexity index is 487. The van der Waals surface area contributed by atoms with Gasteiger partial charge in [0.05, 0.1) is 40.0 Å². The molecule has 0 saturated carbocycles. The van der Waals surface area contributed by atoms with Crippen molar-refractivity contribution in [2.75, 3.05) is 39.6 Å². The standard InChI is InChI=1S/C14H21N3O3/c1-10-5-6-12(20-4)11(9-10)16-14(19)13(18)15-7-8-17(2)3/h5-6,9H,7-8H2,1-4H3,(H,15,18)(H,16,19)/p+1. The van der Waals surface area contributed by atoms with Crippen molar-refractivity contribution in [2.45, 2.75) is 6.92 Å². The minimum Gasteiger partial charge on any atom is -0.495 e. The average molecular weight is 280 g/mol. The summed E-state index contributed by atoms with van der Waals surface area (Å²) in [6.07, 6.45) is 0. The second kappa shape index (κ2) is 7.49. The predicted octanol–water partition coefficient (Wildman–Crippen LogP) is -0.797. The Balaban J connectivity index is 2.61. The van der Waals surface area contributed by atoms with E-state index >= 15 is 0 Å².